The molecule has 0 aliphatic carbocycles. The lowest BCUT2D eigenvalue weighted by molar-refractivity contribution is -0.138. The van der Waals surface area contributed by atoms with Crippen LogP contribution in [0.2, 0.25) is 0 Å². The van der Waals surface area contributed by atoms with E-state index in [1.807, 2.05) is 5.32 Å². The van der Waals surface area contributed by atoms with Gasteiger partial charge in [0.1, 0.15) is 6.07 Å². The Labute approximate surface area is 106 Å². The average molecular weight is 271 g/mol. The molecule has 0 saturated heterocycles. The Balaban J connectivity index is 3.06. The maximum Gasteiger partial charge on any atom is 0.416 e. The van der Waals surface area contributed by atoms with E-state index < -0.39 is 23.4 Å². The fourth-order valence-corrected chi connectivity index (χ4v) is 1.31. The van der Waals surface area contributed by atoms with E-state index >= 15 is 0 Å². The number of alkyl halides is 3. The maximum atomic E-state index is 12.6. The number of aryl methyl sites for hydroxylation is 1. The highest BCUT2D eigenvalue weighted by Gasteiger charge is 2.32. The molecule has 1 aromatic carbocycles. The van der Waals surface area contributed by atoms with Gasteiger partial charge in [-0.15, -0.1) is 0 Å². The summed E-state index contributed by atoms with van der Waals surface area (Å²) in [4.78, 5) is 11.3. The van der Waals surface area contributed by atoms with Gasteiger partial charge in [-0.2, -0.15) is 18.4 Å². The topological polar surface area (TPSA) is 85.5 Å². The number of benzene rings is 1. The fraction of sp³-hybridized carbons (Fsp3) is 0.182. The predicted molar refractivity (Wildman–Crippen MR) is 59.6 cm³/mol. The second kappa shape index (κ2) is 5.39. The molecule has 0 aliphatic rings. The highest BCUT2D eigenvalue weighted by Crippen LogP contribution is 2.33. The van der Waals surface area contributed by atoms with Crippen LogP contribution in [0.25, 0.3) is 0 Å². The van der Waals surface area contributed by atoms with E-state index in [0.717, 1.165) is 6.07 Å². The molecule has 19 heavy (non-hydrogen) atoms. The number of hydrogen-bond donors (Lipinski definition) is 2. The average Bonchev–Trinajstić information content (AvgIpc) is 2.31. The van der Waals surface area contributed by atoms with Crippen LogP contribution in [0.3, 0.4) is 0 Å². The first-order valence-electron chi connectivity index (χ1n) is 4.91. The second-order valence-electron chi connectivity index (χ2n) is 3.54. The first kappa shape index (κ1) is 14.5. The largest absolute Gasteiger partial charge is 0.416 e. The smallest absolute Gasteiger partial charge is 0.410 e. The zero-order chi connectivity index (χ0) is 14.6. The SMILES string of the molecule is Cc1ccc(NC(=O)/C(C#N)=N\O)cc1C(F)(F)F. The lowest BCUT2D eigenvalue weighted by atomic mass is 10.1. The quantitative estimate of drug-likeness (QED) is 0.491. The summed E-state index contributed by atoms with van der Waals surface area (Å²) in [5.74, 6) is -1.10. The summed E-state index contributed by atoms with van der Waals surface area (Å²) in [5.41, 5.74) is -1.90. The standard InChI is InChI=1S/C11H8F3N3O2/c1-6-2-3-7(4-8(6)11(12,13)14)16-10(18)9(5-15)17-19/h2-4,19H,1H3,(H,16,18)/b17-9-. The Hall–Kier alpha value is -2.56. The third-order valence-corrected chi connectivity index (χ3v) is 2.22. The van der Waals surface area contributed by atoms with Crippen molar-refractivity contribution in [2.75, 3.05) is 5.32 Å². The summed E-state index contributed by atoms with van der Waals surface area (Å²) >= 11 is 0. The summed E-state index contributed by atoms with van der Waals surface area (Å²) in [6.07, 6.45) is -4.55. The minimum Gasteiger partial charge on any atom is -0.410 e. The van der Waals surface area contributed by atoms with E-state index in [1.54, 1.807) is 0 Å². The van der Waals surface area contributed by atoms with Crippen molar-refractivity contribution < 1.29 is 23.2 Å². The zero-order valence-electron chi connectivity index (χ0n) is 9.62. The van der Waals surface area contributed by atoms with Gasteiger partial charge in [0.25, 0.3) is 5.91 Å². The van der Waals surface area contributed by atoms with Crippen LogP contribution in [0.15, 0.2) is 23.4 Å². The van der Waals surface area contributed by atoms with Crippen LogP contribution in [-0.4, -0.2) is 16.8 Å². The van der Waals surface area contributed by atoms with Crippen LogP contribution in [-0.2, 0) is 11.0 Å². The molecule has 0 fully saturated rings. The van der Waals surface area contributed by atoms with Gasteiger partial charge in [0.05, 0.1) is 5.56 Å². The van der Waals surface area contributed by atoms with Crippen LogP contribution < -0.4 is 5.32 Å². The maximum absolute atomic E-state index is 12.6. The molecule has 0 unspecified atom stereocenters. The van der Waals surface area contributed by atoms with Crippen molar-refractivity contribution >= 4 is 17.3 Å². The molecule has 0 radical (unpaired) electrons. The van der Waals surface area contributed by atoms with E-state index in [2.05, 4.69) is 5.16 Å². The number of carbonyl (C=O) groups is 1. The number of oxime groups is 1. The van der Waals surface area contributed by atoms with Gasteiger partial charge in [-0.1, -0.05) is 11.2 Å². The van der Waals surface area contributed by atoms with Gasteiger partial charge in [0.15, 0.2) is 0 Å². The van der Waals surface area contributed by atoms with Gasteiger partial charge in [-0.05, 0) is 24.6 Å². The number of anilines is 1. The molecule has 1 aromatic rings. The summed E-state index contributed by atoms with van der Waals surface area (Å²) in [7, 11) is 0. The Morgan fingerprint density at radius 3 is 2.58 bits per heavy atom. The van der Waals surface area contributed by atoms with Gasteiger partial charge >= 0.3 is 6.18 Å². The highest BCUT2D eigenvalue weighted by atomic mass is 19.4. The summed E-state index contributed by atoms with van der Waals surface area (Å²) in [6.45, 7) is 1.28. The lowest BCUT2D eigenvalue weighted by Crippen LogP contribution is -2.22. The first-order valence-corrected chi connectivity index (χ1v) is 4.91. The predicted octanol–water partition coefficient (Wildman–Crippen LogP) is 2.31. The van der Waals surface area contributed by atoms with E-state index in [4.69, 9.17) is 10.5 Å². The normalized spacial score (nSPS) is 11.8. The molecule has 0 saturated carbocycles. The molecule has 1 rings (SSSR count). The lowest BCUT2D eigenvalue weighted by Gasteiger charge is -2.12. The molecule has 0 bridgehead atoms. The minimum absolute atomic E-state index is 0.00170. The van der Waals surface area contributed by atoms with Gasteiger partial charge in [0.2, 0.25) is 5.71 Å². The summed E-state index contributed by atoms with van der Waals surface area (Å²) in [6, 6.07) is 4.46. The van der Waals surface area contributed by atoms with Crippen LogP contribution in [0.1, 0.15) is 11.1 Å². The summed E-state index contributed by atoms with van der Waals surface area (Å²) < 4.78 is 37.9. The molecule has 1 amide bonds. The number of hydrogen-bond acceptors (Lipinski definition) is 4. The third kappa shape index (κ3) is 3.45. The number of amides is 1. The third-order valence-electron chi connectivity index (χ3n) is 2.22. The van der Waals surface area contributed by atoms with Crippen LogP contribution in [0.4, 0.5) is 18.9 Å². The zero-order valence-corrected chi connectivity index (χ0v) is 9.62. The molecular weight excluding hydrogens is 263 g/mol. The van der Waals surface area contributed by atoms with Gasteiger partial charge in [-0.3, -0.25) is 4.79 Å². The van der Waals surface area contributed by atoms with Crippen molar-refractivity contribution in [3.05, 3.63) is 29.3 Å². The van der Waals surface area contributed by atoms with E-state index in [-0.39, 0.29) is 11.3 Å². The molecule has 0 spiro atoms. The molecule has 2 N–H and O–H groups in total. The Kier molecular flexibility index (Phi) is 4.11. The van der Waals surface area contributed by atoms with E-state index in [0.29, 0.717) is 0 Å². The molecule has 0 heterocycles. The highest BCUT2D eigenvalue weighted by molar-refractivity contribution is 6.48. The van der Waals surface area contributed by atoms with Crippen molar-refractivity contribution in [3.8, 4) is 6.07 Å². The van der Waals surface area contributed by atoms with Crippen molar-refractivity contribution in [2.45, 2.75) is 13.1 Å². The van der Waals surface area contributed by atoms with Gasteiger partial charge in [0, 0.05) is 5.69 Å². The number of nitriles is 1. The van der Waals surface area contributed by atoms with Crippen molar-refractivity contribution in [2.24, 2.45) is 5.16 Å². The van der Waals surface area contributed by atoms with Crippen molar-refractivity contribution in [3.63, 3.8) is 0 Å². The molecule has 0 aliphatic heterocycles. The number of nitrogens with one attached hydrogen (secondary N) is 1. The number of carbonyl (C=O) groups excluding carboxylic acids is 1. The van der Waals surface area contributed by atoms with E-state index in [9.17, 15) is 18.0 Å². The summed E-state index contributed by atoms with van der Waals surface area (Å²) in [5, 5.41) is 21.2. The van der Waals surface area contributed by atoms with Crippen LogP contribution in [0.5, 0.6) is 0 Å². The molecule has 5 nitrogen and oxygen atoms in total. The Bertz CT molecular complexity index is 574. The molecule has 0 aromatic heterocycles. The van der Waals surface area contributed by atoms with Crippen molar-refractivity contribution in [1.29, 1.82) is 5.26 Å². The number of rotatable bonds is 2. The molecule has 0 atom stereocenters. The first-order chi connectivity index (χ1) is 8.79. The fourth-order valence-electron chi connectivity index (χ4n) is 1.31. The molecule has 8 heteroatoms. The monoisotopic (exact) mass is 271 g/mol. The van der Waals surface area contributed by atoms with Crippen LogP contribution in [0, 0.1) is 18.3 Å². The molecular formula is C11H8F3N3O2. The second-order valence-corrected chi connectivity index (χ2v) is 3.54. The number of nitrogens with zero attached hydrogens (tertiary/aromatic N) is 2. The van der Waals surface area contributed by atoms with Gasteiger partial charge in [-0.25, -0.2) is 0 Å². The van der Waals surface area contributed by atoms with Crippen molar-refractivity contribution in [1.82, 2.24) is 0 Å². The van der Waals surface area contributed by atoms with Crippen LogP contribution >= 0.6 is 0 Å². The number of halogens is 3. The Morgan fingerprint density at radius 2 is 2.11 bits per heavy atom. The van der Waals surface area contributed by atoms with Gasteiger partial charge < -0.3 is 10.5 Å². The molecule has 100 valence electrons. The minimum atomic E-state index is -4.55. The Morgan fingerprint density at radius 1 is 1.47 bits per heavy atom. The van der Waals surface area contributed by atoms with E-state index in [1.165, 1.54) is 25.1 Å².